The third kappa shape index (κ3) is 5.93. The van der Waals surface area contributed by atoms with E-state index in [0.29, 0.717) is 17.9 Å². The Morgan fingerprint density at radius 1 is 1.04 bits per heavy atom. The van der Waals surface area contributed by atoms with Crippen molar-refractivity contribution < 1.29 is 14.3 Å². The van der Waals surface area contributed by atoms with E-state index in [1.54, 1.807) is 0 Å². The topological polar surface area (TPSA) is 67.4 Å². The molecule has 2 aliphatic rings. The van der Waals surface area contributed by atoms with Gasteiger partial charge in [0.2, 0.25) is 5.91 Å². The predicted molar refractivity (Wildman–Crippen MR) is 110 cm³/mol. The lowest BCUT2D eigenvalue weighted by atomic mass is 9.90. The fourth-order valence-corrected chi connectivity index (χ4v) is 4.06. The van der Waals surface area contributed by atoms with Crippen LogP contribution in [0.4, 0.5) is 0 Å². The maximum absolute atomic E-state index is 12.5. The Morgan fingerprint density at radius 3 is 2.32 bits per heavy atom. The molecule has 5 nitrogen and oxygen atoms in total. The van der Waals surface area contributed by atoms with Crippen molar-refractivity contribution in [2.75, 3.05) is 13.2 Å². The highest BCUT2D eigenvalue weighted by molar-refractivity contribution is 5.94. The van der Waals surface area contributed by atoms with Gasteiger partial charge in [-0.1, -0.05) is 18.2 Å². The average molecular weight is 385 g/mol. The van der Waals surface area contributed by atoms with E-state index in [4.69, 9.17) is 4.74 Å². The van der Waals surface area contributed by atoms with Crippen molar-refractivity contribution in [3.05, 3.63) is 48.0 Å². The summed E-state index contributed by atoms with van der Waals surface area (Å²) in [4.78, 5) is 24.5. The summed E-state index contributed by atoms with van der Waals surface area (Å²) in [5, 5.41) is 6.27. The fourth-order valence-electron chi connectivity index (χ4n) is 4.06. The summed E-state index contributed by atoms with van der Waals surface area (Å²) in [6, 6.07) is 8.35. The first kappa shape index (κ1) is 20.6. The monoisotopic (exact) mass is 384 g/mol. The molecule has 0 spiro atoms. The Hall–Kier alpha value is -2.14. The quantitative estimate of drug-likeness (QED) is 0.530. The SMILES string of the molecule is C=CCCCC(=O)NC1CCC(NC(=O)c2ccc(C3CCOC3)cc2)CC1. The highest BCUT2D eigenvalue weighted by atomic mass is 16.5. The molecule has 2 fully saturated rings. The van der Waals surface area contributed by atoms with Crippen LogP contribution in [0.3, 0.4) is 0 Å². The number of benzene rings is 1. The van der Waals surface area contributed by atoms with Gasteiger partial charge >= 0.3 is 0 Å². The summed E-state index contributed by atoms with van der Waals surface area (Å²) in [6.07, 6.45) is 8.83. The third-order valence-electron chi connectivity index (χ3n) is 5.81. The van der Waals surface area contributed by atoms with E-state index in [2.05, 4.69) is 17.2 Å². The van der Waals surface area contributed by atoms with E-state index in [0.717, 1.165) is 58.2 Å². The van der Waals surface area contributed by atoms with Crippen LogP contribution in [-0.4, -0.2) is 37.1 Å². The van der Waals surface area contributed by atoms with Crippen LogP contribution in [0.15, 0.2) is 36.9 Å². The lowest BCUT2D eigenvalue weighted by molar-refractivity contribution is -0.122. The summed E-state index contributed by atoms with van der Waals surface area (Å²) < 4.78 is 5.44. The van der Waals surface area contributed by atoms with E-state index in [9.17, 15) is 9.59 Å². The second-order valence-corrected chi connectivity index (χ2v) is 7.95. The third-order valence-corrected chi connectivity index (χ3v) is 5.81. The molecule has 1 atom stereocenters. The molecule has 1 saturated carbocycles. The van der Waals surface area contributed by atoms with Gasteiger partial charge < -0.3 is 15.4 Å². The van der Waals surface area contributed by atoms with E-state index >= 15 is 0 Å². The molecule has 1 aromatic carbocycles. The zero-order valence-corrected chi connectivity index (χ0v) is 16.6. The van der Waals surface area contributed by atoms with Crippen LogP contribution in [0.2, 0.25) is 0 Å². The van der Waals surface area contributed by atoms with Gasteiger partial charge in [0.1, 0.15) is 0 Å². The van der Waals surface area contributed by atoms with Crippen molar-refractivity contribution in [1.29, 1.82) is 0 Å². The van der Waals surface area contributed by atoms with Gasteiger partial charge in [0, 0.05) is 36.6 Å². The highest BCUT2D eigenvalue weighted by Gasteiger charge is 2.24. The van der Waals surface area contributed by atoms with Gasteiger partial charge in [0.15, 0.2) is 0 Å². The summed E-state index contributed by atoms with van der Waals surface area (Å²) in [5.74, 6) is 0.576. The first-order chi connectivity index (χ1) is 13.7. The molecule has 0 bridgehead atoms. The van der Waals surface area contributed by atoms with Crippen molar-refractivity contribution in [3.8, 4) is 0 Å². The van der Waals surface area contributed by atoms with Crippen molar-refractivity contribution in [2.24, 2.45) is 0 Å². The van der Waals surface area contributed by atoms with Crippen molar-refractivity contribution in [1.82, 2.24) is 10.6 Å². The van der Waals surface area contributed by atoms with Crippen LogP contribution >= 0.6 is 0 Å². The number of ether oxygens (including phenoxy) is 1. The minimum absolute atomic E-state index is 0.00821. The Morgan fingerprint density at radius 2 is 1.71 bits per heavy atom. The molecule has 2 amide bonds. The van der Waals surface area contributed by atoms with Crippen LogP contribution in [0.25, 0.3) is 0 Å². The zero-order valence-electron chi connectivity index (χ0n) is 16.6. The summed E-state index contributed by atoms with van der Waals surface area (Å²) in [6.45, 7) is 5.28. The smallest absolute Gasteiger partial charge is 0.251 e. The number of carbonyl (C=O) groups excluding carboxylic acids is 2. The summed E-state index contributed by atoms with van der Waals surface area (Å²) in [5.41, 5.74) is 1.96. The van der Waals surface area contributed by atoms with Crippen molar-refractivity contribution in [3.63, 3.8) is 0 Å². The van der Waals surface area contributed by atoms with Gasteiger partial charge in [-0.15, -0.1) is 6.58 Å². The molecule has 1 unspecified atom stereocenters. The van der Waals surface area contributed by atoms with Gasteiger partial charge in [0.25, 0.3) is 5.91 Å². The van der Waals surface area contributed by atoms with Crippen LogP contribution in [0.5, 0.6) is 0 Å². The molecule has 0 aromatic heterocycles. The van der Waals surface area contributed by atoms with Gasteiger partial charge in [-0.3, -0.25) is 9.59 Å². The molecule has 0 radical (unpaired) electrons. The number of carbonyl (C=O) groups is 2. The Labute approximate surface area is 167 Å². The first-order valence-corrected chi connectivity index (χ1v) is 10.5. The maximum Gasteiger partial charge on any atom is 0.251 e. The van der Waals surface area contributed by atoms with Crippen molar-refractivity contribution >= 4 is 11.8 Å². The molecule has 1 saturated heterocycles. The first-order valence-electron chi connectivity index (χ1n) is 10.5. The number of allylic oxidation sites excluding steroid dienone is 1. The molecule has 1 aliphatic heterocycles. The number of unbranched alkanes of at least 4 members (excludes halogenated alkanes) is 1. The van der Waals surface area contributed by atoms with E-state index in [1.165, 1.54) is 5.56 Å². The zero-order chi connectivity index (χ0) is 19.8. The second-order valence-electron chi connectivity index (χ2n) is 7.95. The van der Waals surface area contributed by atoms with Crippen LogP contribution in [-0.2, 0) is 9.53 Å². The van der Waals surface area contributed by atoms with Gasteiger partial charge in [0.05, 0.1) is 6.61 Å². The molecule has 1 aliphatic carbocycles. The Kier molecular flexibility index (Phi) is 7.66. The summed E-state index contributed by atoms with van der Waals surface area (Å²) >= 11 is 0. The van der Waals surface area contributed by atoms with Gasteiger partial charge in [-0.2, -0.15) is 0 Å². The number of amides is 2. The fraction of sp³-hybridized carbons (Fsp3) is 0.565. The van der Waals surface area contributed by atoms with Crippen LogP contribution in [0.1, 0.15) is 73.2 Å². The van der Waals surface area contributed by atoms with Gasteiger partial charge in [-0.25, -0.2) is 0 Å². The minimum atomic E-state index is -0.00821. The highest BCUT2D eigenvalue weighted by Crippen LogP contribution is 2.25. The summed E-state index contributed by atoms with van der Waals surface area (Å²) in [7, 11) is 0. The van der Waals surface area contributed by atoms with Gasteiger partial charge in [-0.05, 0) is 62.6 Å². The number of rotatable bonds is 8. The maximum atomic E-state index is 12.5. The normalized spacial score (nSPS) is 24.5. The van der Waals surface area contributed by atoms with Crippen molar-refractivity contribution in [2.45, 2.75) is 69.4 Å². The largest absolute Gasteiger partial charge is 0.381 e. The Balaban J connectivity index is 1.39. The molecule has 1 heterocycles. The molecule has 3 rings (SSSR count). The minimum Gasteiger partial charge on any atom is -0.381 e. The number of hydrogen-bond donors (Lipinski definition) is 2. The van der Waals surface area contributed by atoms with Crippen LogP contribution < -0.4 is 10.6 Å². The second kappa shape index (κ2) is 10.4. The molecule has 1 aromatic rings. The van der Waals surface area contributed by atoms with E-state index in [1.807, 2.05) is 30.3 Å². The number of nitrogens with one attached hydrogen (secondary N) is 2. The molecule has 152 valence electrons. The average Bonchev–Trinajstić information content (AvgIpc) is 3.25. The standard InChI is InChI=1S/C23H32N2O3/c1-2-3-4-5-22(26)24-20-10-12-21(13-11-20)25-23(27)18-8-6-17(7-9-18)19-14-15-28-16-19/h2,6-9,19-21H,1,3-5,10-16H2,(H,24,26)(H,25,27). The van der Waals surface area contributed by atoms with Crippen LogP contribution in [0, 0.1) is 0 Å². The lowest BCUT2D eigenvalue weighted by Crippen LogP contribution is -2.43. The van der Waals surface area contributed by atoms with E-state index < -0.39 is 0 Å². The molecule has 28 heavy (non-hydrogen) atoms. The molecule has 5 heteroatoms. The lowest BCUT2D eigenvalue weighted by Gasteiger charge is -2.29. The molecular weight excluding hydrogens is 352 g/mol. The molecular formula is C23H32N2O3. The number of hydrogen-bond acceptors (Lipinski definition) is 3. The van der Waals surface area contributed by atoms with E-state index in [-0.39, 0.29) is 23.9 Å². The molecule has 2 N–H and O–H groups in total. The Bertz CT molecular complexity index is 657. The predicted octanol–water partition coefficient (Wildman–Crippen LogP) is 3.70.